The van der Waals surface area contributed by atoms with E-state index in [9.17, 15) is 44.6 Å². The number of carbonyl (C=O) groups excluding carboxylic acids is 2. The van der Waals surface area contributed by atoms with Crippen molar-refractivity contribution in [2.45, 2.75) is 256 Å². The standard InChI is InChI=1S/C50H91O13P/c1-3-5-7-9-11-13-15-17-19-20-21-22-23-24-25-27-28-30-32-34-36-38-43(51)60-40-42(41-61-64(58,59)63-50-48(56)46(54)45(53)47(55)49(50)57)62-44(52)39-37-35-33-31-29-26-18-16-14-12-10-8-6-4-2/h10,12,16,18,20-21,42,45-50,53-57H,3-9,11,13-15,17,19,22-41H2,1-2H3,(H,58,59)/b12-10-,18-16-,21-20-. The van der Waals surface area contributed by atoms with Crippen LogP contribution in [-0.2, 0) is 32.7 Å². The summed E-state index contributed by atoms with van der Waals surface area (Å²) in [7, 11) is -5.12. The lowest BCUT2D eigenvalue weighted by molar-refractivity contribution is -0.220. The predicted molar refractivity (Wildman–Crippen MR) is 253 cm³/mol. The van der Waals surface area contributed by atoms with Gasteiger partial charge in [0.1, 0.15) is 43.2 Å². The van der Waals surface area contributed by atoms with E-state index in [1.807, 2.05) is 0 Å². The number of phosphoric ester groups is 1. The number of hydrogen-bond acceptors (Lipinski definition) is 12. The molecule has 1 aliphatic carbocycles. The number of rotatable bonds is 42. The van der Waals surface area contributed by atoms with Gasteiger partial charge in [0.05, 0.1) is 6.61 Å². The van der Waals surface area contributed by atoms with Crippen molar-refractivity contribution in [2.75, 3.05) is 13.2 Å². The zero-order chi connectivity index (χ0) is 47.1. The first-order valence-corrected chi connectivity index (χ1v) is 26.8. The van der Waals surface area contributed by atoms with Crippen molar-refractivity contribution in [1.29, 1.82) is 0 Å². The molecule has 1 aliphatic rings. The monoisotopic (exact) mass is 931 g/mol. The Morgan fingerprint density at radius 1 is 0.484 bits per heavy atom. The molecule has 0 saturated heterocycles. The molecule has 64 heavy (non-hydrogen) atoms. The fourth-order valence-electron chi connectivity index (χ4n) is 7.59. The summed E-state index contributed by atoms with van der Waals surface area (Å²) in [6.07, 6.45) is 33.4. The van der Waals surface area contributed by atoms with Gasteiger partial charge in [-0.05, 0) is 64.2 Å². The van der Waals surface area contributed by atoms with E-state index in [1.54, 1.807) is 0 Å². The van der Waals surface area contributed by atoms with Gasteiger partial charge >= 0.3 is 19.8 Å². The first kappa shape index (κ1) is 60.1. The van der Waals surface area contributed by atoms with Gasteiger partial charge in [0.15, 0.2) is 6.10 Å². The summed E-state index contributed by atoms with van der Waals surface area (Å²) in [5.41, 5.74) is 0. The molecule has 0 aromatic heterocycles. The van der Waals surface area contributed by atoms with Gasteiger partial charge in [-0.25, -0.2) is 4.57 Å². The van der Waals surface area contributed by atoms with Gasteiger partial charge in [0, 0.05) is 12.8 Å². The molecule has 6 unspecified atom stereocenters. The van der Waals surface area contributed by atoms with Crippen molar-refractivity contribution in [2.24, 2.45) is 0 Å². The van der Waals surface area contributed by atoms with Crippen LogP contribution in [0.1, 0.15) is 213 Å². The highest BCUT2D eigenvalue weighted by atomic mass is 31.2. The van der Waals surface area contributed by atoms with E-state index in [0.29, 0.717) is 12.8 Å². The van der Waals surface area contributed by atoms with Crippen LogP contribution < -0.4 is 0 Å². The second-order valence-electron chi connectivity index (χ2n) is 17.7. The van der Waals surface area contributed by atoms with Gasteiger partial charge in [-0.15, -0.1) is 0 Å². The van der Waals surface area contributed by atoms with Crippen molar-refractivity contribution in [3.63, 3.8) is 0 Å². The highest BCUT2D eigenvalue weighted by Crippen LogP contribution is 2.47. The Morgan fingerprint density at radius 2 is 0.859 bits per heavy atom. The highest BCUT2D eigenvalue weighted by molar-refractivity contribution is 7.47. The Morgan fingerprint density at radius 3 is 1.33 bits per heavy atom. The third-order valence-corrected chi connectivity index (χ3v) is 12.7. The molecule has 6 N–H and O–H groups in total. The Hall–Kier alpha value is -1.93. The summed E-state index contributed by atoms with van der Waals surface area (Å²) in [5.74, 6) is -1.11. The summed E-state index contributed by atoms with van der Waals surface area (Å²) in [4.78, 5) is 35.8. The van der Waals surface area contributed by atoms with Crippen molar-refractivity contribution in [3.8, 4) is 0 Å². The molecule has 374 valence electrons. The number of unbranched alkanes of at least 4 members (excludes halogenated alkanes) is 24. The molecule has 0 spiro atoms. The van der Waals surface area contributed by atoms with Crippen LogP contribution >= 0.6 is 7.82 Å². The molecule has 14 heteroatoms. The fraction of sp³-hybridized carbons (Fsp3) is 0.840. The van der Waals surface area contributed by atoms with Gasteiger partial charge in [-0.3, -0.25) is 18.6 Å². The summed E-state index contributed by atoms with van der Waals surface area (Å²) in [6, 6.07) is 0. The van der Waals surface area contributed by atoms with E-state index in [0.717, 1.165) is 70.6 Å². The normalized spacial score (nSPS) is 21.8. The van der Waals surface area contributed by atoms with Crippen molar-refractivity contribution in [3.05, 3.63) is 36.5 Å². The van der Waals surface area contributed by atoms with E-state index in [4.69, 9.17) is 18.5 Å². The minimum Gasteiger partial charge on any atom is -0.462 e. The van der Waals surface area contributed by atoms with Crippen LogP contribution in [0.5, 0.6) is 0 Å². The fourth-order valence-corrected chi connectivity index (χ4v) is 8.57. The van der Waals surface area contributed by atoms with Gasteiger partial charge in [-0.2, -0.15) is 0 Å². The lowest BCUT2D eigenvalue weighted by atomic mass is 9.85. The summed E-state index contributed by atoms with van der Waals surface area (Å²) >= 11 is 0. The lowest BCUT2D eigenvalue weighted by Crippen LogP contribution is -2.64. The van der Waals surface area contributed by atoms with Crippen LogP contribution in [0.3, 0.4) is 0 Å². The minimum atomic E-state index is -5.12. The maximum Gasteiger partial charge on any atom is 0.472 e. The quantitative estimate of drug-likeness (QED) is 0.0146. The smallest absolute Gasteiger partial charge is 0.462 e. The number of ether oxygens (including phenoxy) is 2. The SMILES string of the molecule is CCCC/C=C\C/C=C\CCCCCCCC(=O)OC(COC(=O)CCCCCCCCCCC/C=C\CCCCCCCCCC)COP(=O)(O)OC1C(O)C(O)C(O)C(O)C1O. The third-order valence-electron chi connectivity index (χ3n) is 11.7. The molecule has 1 fully saturated rings. The molecule has 0 amide bonds. The summed E-state index contributed by atoms with van der Waals surface area (Å²) in [6.45, 7) is 3.26. The average molecular weight is 931 g/mol. The average Bonchev–Trinajstić information content (AvgIpc) is 3.28. The number of esters is 2. The van der Waals surface area contributed by atoms with E-state index in [1.165, 1.54) is 103 Å². The maximum atomic E-state index is 12.8. The zero-order valence-electron chi connectivity index (χ0n) is 39.8. The summed E-state index contributed by atoms with van der Waals surface area (Å²) in [5, 5.41) is 50.2. The van der Waals surface area contributed by atoms with Gasteiger partial charge in [0.25, 0.3) is 0 Å². The number of aliphatic hydroxyl groups excluding tert-OH is 5. The van der Waals surface area contributed by atoms with Crippen LogP contribution in [-0.4, -0.2) is 98.3 Å². The molecule has 0 aliphatic heterocycles. The minimum absolute atomic E-state index is 0.0807. The topological polar surface area (TPSA) is 210 Å². The van der Waals surface area contributed by atoms with E-state index in [-0.39, 0.29) is 12.8 Å². The van der Waals surface area contributed by atoms with Crippen molar-refractivity contribution >= 4 is 19.8 Å². The molecule has 6 atom stereocenters. The summed E-state index contributed by atoms with van der Waals surface area (Å²) < 4.78 is 33.6. The van der Waals surface area contributed by atoms with Gasteiger partial charge in [-0.1, -0.05) is 172 Å². The number of aliphatic hydroxyl groups is 5. The molecular weight excluding hydrogens is 840 g/mol. The lowest BCUT2D eigenvalue weighted by Gasteiger charge is -2.41. The first-order chi connectivity index (χ1) is 30.9. The van der Waals surface area contributed by atoms with Crippen LogP contribution in [0, 0.1) is 0 Å². The third kappa shape index (κ3) is 31.9. The van der Waals surface area contributed by atoms with E-state index >= 15 is 0 Å². The van der Waals surface area contributed by atoms with Crippen molar-refractivity contribution in [1.82, 2.24) is 0 Å². The van der Waals surface area contributed by atoms with E-state index < -0.39 is 75.7 Å². The van der Waals surface area contributed by atoms with Crippen LogP contribution in [0.25, 0.3) is 0 Å². The van der Waals surface area contributed by atoms with Crippen LogP contribution in [0.2, 0.25) is 0 Å². The number of hydrogen-bond donors (Lipinski definition) is 6. The number of phosphoric acid groups is 1. The molecule has 0 radical (unpaired) electrons. The Labute approximate surface area is 387 Å². The molecule has 0 aromatic rings. The molecule has 0 aromatic carbocycles. The van der Waals surface area contributed by atoms with Crippen molar-refractivity contribution < 1.29 is 63.1 Å². The predicted octanol–water partition coefficient (Wildman–Crippen LogP) is 10.6. The van der Waals surface area contributed by atoms with Gasteiger partial charge in [0.2, 0.25) is 0 Å². The Balaban J connectivity index is 2.39. The molecule has 0 heterocycles. The zero-order valence-corrected chi connectivity index (χ0v) is 40.7. The maximum absolute atomic E-state index is 12.8. The number of allylic oxidation sites excluding steroid dienone is 6. The molecule has 0 bridgehead atoms. The van der Waals surface area contributed by atoms with Crippen LogP contribution in [0.15, 0.2) is 36.5 Å². The molecule has 13 nitrogen and oxygen atoms in total. The second kappa shape index (κ2) is 40.2. The number of carbonyl (C=O) groups is 2. The molecule has 1 rings (SSSR count). The molecule has 1 saturated carbocycles. The largest absolute Gasteiger partial charge is 0.472 e. The second-order valence-corrected chi connectivity index (χ2v) is 19.1. The van der Waals surface area contributed by atoms with Crippen LogP contribution in [0.4, 0.5) is 0 Å². The highest BCUT2D eigenvalue weighted by Gasteiger charge is 2.51. The van der Waals surface area contributed by atoms with E-state index in [2.05, 4.69) is 50.3 Å². The van der Waals surface area contributed by atoms with Gasteiger partial charge < -0.3 is 39.9 Å². The first-order valence-electron chi connectivity index (χ1n) is 25.3. The Kier molecular flexibility index (Phi) is 37.7. The molecular formula is C50H91O13P. The Bertz CT molecular complexity index is 1260.